The molecule has 196 valence electrons. The molecule has 4 rings (SSSR count). The van der Waals surface area contributed by atoms with Crippen molar-refractivity contribution in [3.63, 3.8) is 0 Å². The quantitative estimate of drug-likeness (QED) is 0.291. The van der Waals surface area contributed by atoms with E-state index < -0.39 is 26.9 Å². The number of rotatable bonds is 10. The van der Waals surface area contributed by atoms with Gasteiger partial charge in [0.05, 0.1) is 24.5 Å². The van der Waals surface area contributed by atoms with Crippen molar-refractivity contribution in [1.29, 1.82) is 0 Å². The summed E-state index contributed by atoms with van der Waals surface area (Å²) in [7, 11) is 2.30. The van der Waals surface area contributed by atoms with Crippen LogP contribution in [0.1, 0.15) is 24.7 Å². The van der Waals surface area contributed by atoms with Gasteiger partial charge in [-0.3, -0.25) is 9.25 Å². The van der Waals surface area contributed by atoms with Gasteiger partial charge < -0.3 is 14.2 Å². The molecule has 0 radical (unpaired) electrons. The smallest absolute Gasteiger partial charge is 0.189 e. The predicted molar refractivity (Wildman–Crippen MR) is 136 cm³/mol. The average molecular weight is 548 g/mol. The van der Waals surface area contributed by atoms with Crippen molar-refractivity contribution in [3.05, 3.63) is 59.5 Å². The number of hydrogen-bond donors (Lipinski definition) is 0. The molecule has 3 heterocycles. The van der Waals surface area contributed by atoms with E-state index in [2.05, 4.69) is 25.3 Å². The Balaban J connectivity index is 1.82. The van der Waals surface area contributed by atoms with Crippen molar-refractivity contribution >= 4 is 21.4 Å². The highest BCUT2D eigenvalue weighted by Crippen LogP contribution is 2.37. The van der Waals surface area contributed by atoms with Gasteiger partial charge in [0.15, 0.2) is 27.3 Å². The van der Waals surface area contributed by atoms with E-state index in [1.54, 1.807) is 46.8 Å². The van der Waals surface area contributed by atoms with Crippen LogP contribution in [0.3, 0.4) is 0 Å². The van der Waals surface area contributed by atoms with E-state index in [1.165, 1.54) is 40.6 Å². The fraction of sp³-hybridized carbons (Fsp3) is 0.348. The second-order valence-corrected chi connectivity index (χ2v) is 10.9. The van der Waals surface area contributed by atoms with Crippen LogP contribution in [-0.4, -0.2) is 69.5 Å². The molecule has 0 bridgehead atoms. The summed E-state index contributed by atoms with van der Waals surface area (Å²) in [5, 5.41) is 12.3. The standard InChI is InChI=1S/C23H26ClN7O5S/c1-14(21(36-5)22-25-11-15(24)12-26-22)37(32,33)13-19-27-28-23(16-9-10-30(2)29-16)31(19)20-17(34-3)7-6-8-18(20)35-4/h6-12,14,21H,13H2,1-5H3/t14-,21+/m0/s1. The fourth-order valence-corrected chi connectivity index (χ4v) is 5.39. The molecule has 4 aromatic rings. The van der Waals surface area contributed by atoms with Gasteiger partial charge in [-0.05, 0) is 25.1 Å². The van der Waals surface area contributed by atoms with Gasteiger partial charge >= 0.3 is 0 Å². The van der Waals surface area contributed by atoms with Crippen molar-refractivity contribution in [2.45, 2.75) is 24.0 Å². The van der Waals surface area contributed by atoms with Crippen LogP contribution in [0.2, 0.25) is 5.02 Å². The fourth-order valence-electron chi connectivity index (χ4n) is 3.87. The van der Waals surface area contributed by atoms with Crippen molar-refractivity contribution in [2.24, 2.45) is 7.05 Å². The molecule has 3 aromatic heterocycles. The number of sulfone groups is 1. The highest BCUT2D eigenvalue weighted by molar-refractivity contribution is 7.91. The third-order valence-corrected chi connectivity index (χ3v) is 8.01. The maximum atomic E-state index is 13.7. The van der Waals surface area contributed by atoms with Gasteiger partial charge in [-0.15, -0.1) is 10.2 Å². The minimum atomic E-state index is -3.88. The largest absolute Gasteiger partial charge is 0.494 e. The summed E-state index contributed by atoms with van der Waals surface area (Å²) < 4.78 is 47.2. The normalized spacial score (nSPS) is 13.4. The molecule has 0 unspecified atom stereocenters. The molecule has 12 nitrogen and oxygen atoms in total. The molecule has 0 amide bonds. The van der Waals surface area contributed by atoms with Crippen LogP contribution in [-0.2, 0) is 27.4 Å². The first kappa shape index (κ1) is 26.5. The van der Waals surface area contributed by atoms with Gasteiger partial charge in [-0.2, -0.15) is 5.10 Å². The molecule has 2 atom stereocenters. The van der Waals surface area contributed by atoms with E-state index in [-0.39, 0.29) is 11.6 Å². The highest BCUT2D eigenvalue weighted by Gasteiger charge is 2.35. The van der Waals surface area contributed by atoms with E-state index in [9.17, 15) is 8.42 Å². The molecule has 0 saturated carbocycles. The van der Waals surface area contributed by atoms with Crippen molar-refractivity contribution in [1.82, 2.24) is 34.5 Å². The van der Waals surface area contributed by atoms with Crippen LogP contribution in [0.25, 0.3) is 17.2 Å². The number of ether oxygens (including phenoxy) is 3. The monoisotopic (exact) mass is 547 g/mol. The summed E-state index contributed by atoms with van der Waals surface area (Å²) in [5.74, 6) is 1.07. The number of aryl methyl sites for hydroxylation is 1. The van der Waals surface area contributed by atoms with E-state index in [4.69, 9.17) is 25.8 Å². The summed E-state index contributed by atoms with van der Waals surface area (Å²) in [6.07, 6.45) is 3.59. The zero-order valence-corrected chi connectivity index (χ0v) is 22.4. The molecular formula is C23H26ClN7O5S. The molecule has 0 fully saturated rings. The van der Waals surface area contributed by atoms with Gasteiger partial charge in [-0.25, -0.2) is 18.4 Å². The first-order chi connectivity index (χ1) is 17.7. The number of methoxy groups -OCH3 is 3. The lowest BCUT2D eigenvalue weighted by Gasteiger charge is -2.22. The van der Waals surface area contributed by atoms with E-state index >= 15 is 0 Å². The molecule has 0 saturated heterocycles. The molecule has 1 aromatic carbocycles. The molecule has 0 N–H and O–H groups in total. The lowest BCUT2D eigenvalue weighted by molar-refractivity contribution is 0.0948. The average Bonchev–Trinajstić information content (AvgIpc) is 3.50. The number of hydrogen-bond acceptors (Lipinski definition) is 10. The molecule has 37 heavy (non-hydrogen) atoms. The first-order valence-corrected chi connectivity index (χ1v) is 13.2. The Hall–Kier alpha value is -3.55. The predicted octanol–water partition coefficient (Wildman–Crippen LogP) is 2.82. The Kier molecular flexibility index (Phi) is 7.76. The third kappa shape index (κ3) is 5.29. The molecule has 0 aliphatic rings. The van der Waals surface area contributed by atoms with E-state index in [0.29, 0.717) is 33.7 Å². The van der Waals surface area contributed by atoms with Gasteiger partial charge in [0.25, 0.3) is 0 Å². The Labute approximate surface area is 219 Å². The van der Waals surface area contributed by atoms with Crippen LogP contribution in [0.15, 0.2) is 42.9 Å². The summed E-state index contributed by atoms with van der Waals surface area (Å²) in [6, 6.07) is 6.99. The van der Waals surface area contributed by atoms with Crippen LogP contribution in [0, 0.1) is 0 Å². The van der Waals surface area contributed by atoms with Crippen molar-refractivity contribution in [3.8, 4) is 28.7 Å². The molecule has 0 aliphatic heterocycles. The lowest BCUT2D eigenvalue weighted by atomic mass is 10.2. The Morgan fingerprint density at radius 1 is 1.03 bits per heavy atom. The molecule has 0 aliphatic carbocycles. The zero-order valence-electron chi connectivity index (χ0n) is 20.9. The van der Waals surface area contributed by atoms with Crippen molar-refractivity contribution in [2.75, 3.05) is 21.3 Å². The second kappa shape index (κ2) is 10.8. The Morgan fingerprint density at radius 3 is 2.22 bits per heavy atom. The maximum Gasteiger partial charge on any atom is 0.189 e. The van der Waals surface area contributed by atoms with E-state index in [0.717, 1.165) is 0 Å². The minimum absolute atomic E-state index is 0.141. The molecular weight excluding hydrogens is 522 g/mol. The molecule has 0 spiro atoms. The van der Waals surface area contributed by atoms with Crippen LogP contribution >= 0.6 is 11.6 Å². The van der Waals surface area contributed by atoms with Gasteiger partial charge in [0.1, 0.15) is 34.7 Å². The SMILES string of the molecule is COc1cccc(OC)c1-n1c(CS(=O)(=O)[C@@H](C)[C@@H](OC)c2ncc(Cl)cn2)nnc1-c1ccn(C)n1. The summed E-state index contributed by atoms with van der Waals surface area (Å²) in [4.78, 5) is 8.28. The summed E-state index contributed by atoms with van der Waals surface area (Å²) in [6.45, 7) is 1.53. The highest BCUT2D eigenvalue weighted by atomic mass is 35.5. The maximum absolute atomic E-state index is 13.7. The topological polar surface area (TPSA) is 136 Å². The first-order valence-electron chi connectivity index (χ1n) is 11.1. The lowest BCUT2D eigenvalue weighted by Crippen LogP contribution is -2.30. The second-order valence-electron chi connectivity index (χ2n) is 8.09. The number of para-hydroxylation sites is 1. The molecule has 14 heteroatoms. The Bertz CT molecular complexity index is 1470. The summed E-state index contributed by atoms with van der Waals surface area (Å²) in [5.41, 5.74) is 0.935. The van der Waals surface area contributed by atoms with Crippen LogP contribution in [0.5, 0.6) is 11.5 Å². The van der Waals surface area contributed by atoms with Crippen LogP contribution in [0.4, 0.5) is 0 Å². The van der Waals surface area contributed by atoms with E-state index in [1.807, 2.05) is 0 Å². The summed E-state index contributed by atoms with van der Waals surface area (Å²) >= 11 is 5.89. The van der Waals surface area contributed by atoms with Gasteiger partial charge in [-0.1, -0.05) is 17.7 Å². The third-order valence-electron chi connectivity index (χ3n) is 5.77. The van der Waals surface area contributed by atoms with Crippen LogP contribution < -0.4 is 9.47 Å². The number of aromatic nitrogens is 7. The van der Waals surface area contributed by atoms with Crippen molar-refractivity contribution < 1.29 is 22.6 Å². The minimum Gasteiger partial charge on any atom is -0.494 e. The van der Waals surface area contributed by atoms with Gasteiger partial charge in [0, 0.05) is 32.7 Å². The zero-order chi connectivity index (χ0) is 26.7. The van der Waals surface area contributed by atoms with Gasteiger partial charge in [0.2, 0.25) is 0 Å². The number of benzene rings is 1. The number of nitrogens with zero attached hydrogens (tertiary/aromatic N) is 7. The number of halogens is 1. The Morgan fingerprint density at radius 2 is 1.68 bits per heavy atom.